The van der Waals surface area contributed by atoms with Crippen molar-refractivity contribution in [3.8, 4) is 5.75 Å². The Hall–Kier alpha value is -1.95. The van der Waals surface area contributed by atoms with Gasteiger partial charge in [-0.3, -0.25) is 4.98 Å². The highest BCUT2D eigenvalue weighted by molar-refractivity contribution is 9.10. The number of rotatable bonds is 4. The zero-order valence-corrected chi connectivity index (χ0v) is 12.2. The zero-order chi connectivity index (χ0) is 14.5. The molecule has 0 unspecified atom stereocenters. The van der Waals surface area contributed by atoms with Gasteiger partial charge in [-0.1, -0.05) is 0 Å². The van der Waals surface area contributed by atoms with E-state index in [0.717, 1.165) is 0 Å². The van der Waals surface area contributed by atoms with Gasteiger partial charge in [0.2, 0.25) is 0 Å². The van der Waals surface area contributed by atoms with Gasteiger partial charge in [0.1, 0.15) is 18.2 Å². The molecule has 1 heterocycles. The fourth-order valence-electron chi connectivity index (χ4n) is 1.49. The van der Waals surface area contributed by atoms with Crippen LogP contribution < -0.4 is 4.74 Å². The third-order valence-corrected chi connectivity index (χ3v) is 3.17. The van der Waals surface area contributed by atoms with Crippen LogP contribution in [0.5, 0.6) is 5.75 Å². The molecule has 1 aromatic carbocycles. The van der Waals surface area contributed by atoms with Crippen molar-refractivity contribution in [3.63, 3.8) is 0 Å². The van der Waals surface area contributed by atoms with E-state index in [4.69, 9.17) is 4.74 Å². The molecule has 0 saturated heterocycles. The number of carbonyl (C=O) groups is 1. The number of hydrogen-bond acceptors (Lipinski definition) is 4. The Bertz CT molecular complexity index is 616. The second-order valence-electron chi connectivity index (χ2n) is 3.89. The molecule has 0 bridgehead atoms. The quantitative estimate of drug-likeness (QED) is 0.801. The number of ether oxygens (including phenoxy) is 2. The third-order valence-electron chi connectivity index (χ3n) is 2.51. The molecule has 4 nitrogen and oxygen atoms in total. The van der Waals surface area contributed by atoms with E-state index < -0.39 is 5.97 Å². The first kappa shape index (κ1) is 14.5. The fourth-order valence-corrected chi connectivity index (χ4v) is 1.85. The number of halogens is 2. The second-order valence-corrected chi connectivity index (χ2v) is 4.75. The monoisotopic (exact) mass is 339 g/mol. The fraction of sp³-hybridized carbons (Fsp3) is 0.143. The maximum Gasteiger partial charge on any atom is 0.339 e. The van der Waals surface area contributed by atoms with Crippen molar-refractivity contribution in [1.82, 2.24) is 4.98 Å². The summed E-state index contributed by atoms with van der Waals surface area (Å²) in [5, 5.41) is 0. The molecule has 6 heteroatoms. The minimum Gasteiger partial charge on any atom is -0.486 e. The molecule has 0 saturated carbocycles. The van der Waals surface area contributed by atoms with Gasteiger partial charge in [-0.25, -0.2) is 9.18 Å². The summed E-state index contributed by atoms with van der Waals surface area (Å²) in [6, 6.07) is 7.43. The number of methoxy groups -OCH3 is 1. The summed E-state index contributed by atoms with van der Waals surface area (Å²) in [6.07, 6.45) is 1.41. The number of nitrogens with zero attached hydrogens (tertiary/aromatic N) is 1. The number of esters is 1. The van der Waals surface area contributed by atoms with Gasteiger partial charge in [0.15, 0.2) is 0 Å². The molecular weight excluding hydrogens is 329 g/mol. The van der Waals surface area contributed by atoms with Gasteiger partial charge >= 0.3 is 5.97 Å². The summed E-state index contributed by atoms with van der Waals surface area (Å²) >= 11 is 3.27. The van der Waals surface area contributed by atoms with E-state index in [1.807, 2.05) is 0 Å². The Morgan fingerprint density at radius 2 is 2.15 bits per heavy atom. The average molecular weight is 340 g/mol. The predicted molar refractivity (Wildman–Crippen MR) is 74.0 cm³/mol. The summed E-state index contributed by atoms with van der Waals surface area (Å²) in [7, 11) is 1.31. The lowest BCUT2D eigenvalue weighted by Gasteiger charge is -2.08. The van der Waals surface area contributed by atoms with Gasteiger partial charge in [-0.15, -0.1) is 0 Å². The van der Waals surface area contributed by atoms with Crippen LogP contribution in [0.3, 0.4) is 0 Å². The summed E-state index contributed by atoms with van der Waals surface area (Å²) in [6.45, 7) is 0.170. The molecule has 0 aliphatic heterocycles. The lowest BCUT2D eigenvalue weighted by atomic mass is 10.2. The molecule has 0 radical (unpaired) electrons. The van der Waals surface area contributed by atoms with Gasteiger partial charge in [0.05, 0.1) is 22.8 Å². The number of carbonyl (C=O) groups excluding carboxylic acids is 1. The Balaban J connectivity index is 2.04. The summed E-state index contributed by atoms with van der Waals surface area (Å²) in [5.41, 5.74) is 0.983. The molecule has 0 fully saturated rings. The van der Waals surface area contributed by atoms with Crippen LogP contribution in [0.2, 0.25) is 0 Å². The van der Waals surface area contributed by atoms with Crippen LogP contribution in [0.25, 0.3) is 0 Å². The molecule has 0 amide bonds. The first-order chi connectivity index (χ1) is 9.60. The van der Waals surface area contributed by atoms with Crippen molar-refractivity contribution < 1.29 is 18.7 Å². The first-order valence-corrected chi connectivity index (χ1v) is 6.50. The maximum atomic E-state index is 13.1. The molecule has 1 aromatic heterocycles. The lowest BCUT2D eigenvalue weighted by Crippen LogP contribution is -2.04. The van der Waals surface area contributed by atoms with Gasteiger partial charge in [0.25, 0.3) is 0 Å². The van der Waals surface area contributed by atoms with E-state index in [9.17, 15) is 9.18 Å². The van der Waals surface area contributed by atoms with Gasteiger partial charge in [0, 0.05) is 12.3 Å². The summed E-state index contributed by atoms with van der Waals surface area (Å²) in [4.78, 5) is 15.3. The molecular formula is C14H11BrFNO3. The molecule has 20 heavy (non-hydrogen) atoms. The smallest absolute Gasteiger partial charge is 0.339 e. The Morgan fingerprint density at radius 3 is 2.80 bits per heavy atom. The number of aromatic nitrogens is 1. The Kier molecular flexibility index (Phi) is 4.68. The maximum absolute atomic E-state index is 13.1. The normalized spacial score (nSPS) is 10.2. The molecule has 0 spiro atoms. The molecule has 2 aromatic rings. The first-order valence-electron chi connectivity index (χ1n) is 5.71. The molecule has 104 valence electrons. The van der Waals surface area contributed by atoms with E-state index in [-0.39, 0.29) is 12.4 Å². The van der Waals surface area contributed by atoms with Crippen molar-refractivity contribution in [1.29, 1.82) is 0 Å². The second kappa shape index (κ2) is 6.47. The van der Waals surface area contributed by atoms with Crippen LogP contribution >= 0.6 is 15.9 Å². The molecule has 0 aliphatic carbocycles. The van der Waals surface area contributed by atoms with Crippen LogP contribution in [0.1, 0.15) is 16.1 Å². The van der Waals surface area contributed by atoms with Crippen molar-refractivity contribution in [2.24, 2.45) is 0 Å². The number of hydrogen-bond donors (Lipinski definition) is 0. The standard InChI is InChI=1S/C14H11BrFNO3/c1-19-14(18)9-2-4-11(17-7-9)8-20-13-6-10(16)3-5-12(13)15/h2-7H,8H2,1H3. The largest absolute Gasteiger partial charge is 0.486 e. The SMILES string of the molecule is COC(=O)c1ccc(COc2cc(F)ccc2Br)nc1. The van der Waals surface area contributed by atoms with Gasteiger partial charge < -0.3 is 9.47 Å². The minimum atomic E-state index is -0.446. The van der Waals surface area contributed by atoms with Crippen molar-refractivity contribution >= 4 is 21.9 Å². The van der Waals surface area contributed by atoms with Crippen molar-refractivity contribution in [2.45, 2.75) is 6.61 Å². The van der Waals surface area contributed by atoms with Crippen LogP contribution in [0, 0.1) is 5.82 Å². The highest BCUT2D eigenvalue weighted by Gasteiger charge is 2.07. The summed E-state index contributed by atoms with van der Waals surface area (Å²) in [5.74, 6) is -0.432. The highest BCUT2D eigenvalue weighted by atomic mass is 79.9. The average Bonchev–Trinajstić information content (AvgIpc) is 2.48. The number of benzene rings is 1. The number of pyridine rings is 1. The molecule has 0 atom stereocenters. The minimum absolute atomic E-state index is 0.170. The molecule has 2 rings (SSSR count). The lowest BCUT2D eigenvalue weighted by molar-refractivity contribution is 0.0600. The Labute approximate surface area is 123 Å². The van der Waals surface area contributed by atoms with E-state index in [1.165, 1.54) is 25.4 Å². The van der Waals surface area contributed by atoms with Crippen LogP contribution in [0.15, 0.2) is 41.0 Å². The Morgan fingerprint density at radius 1 is 1.35 bits per heavy atom. The van der Waals surface area contributed by atoms with Crippen LogP contribution in [-0.4, -0.2) is 18.1 Å². The topological polar surface area (TPSA) is 48.4 Å². The molecule has 0 N–H and O–H groups in total. The van der Waals surface area contributed by atoms with Crippen LogP contribution in [-0.2, 0) is 11.3 Å². The highest BCUT2D eigenvalue weighted by Crippen LogP contribution is 2.26. The van der Waals surface area contributed by atoms with Crippen molar-refractivity contribution in [2.75, 3.05) is 7.11 Å². The zero-order valence-electron chi connectivity index (χ0n) is 10.6. The van der Waals surface area contributed by atoms with E-state index in [0.29, 0.717) is 21.5 Å². The van der Waals surface area contributed by atoms with Crippen LogP contribution in [0.4, 0.5) is 4.39 Å². The van der Waals surface area contributed by atoms with E-state index in [2.05, 4.69) is 25.7 Å². The van der Waals surface area contributed by atoms with Crippen molar-refractivity contribution in [3.05, 3.63) is 58.1 Å². The third kappa shape index (κ3) is 3.54. The van der Waals surface area contributed by atoms with E-state index >= 15 is 0 Å². The van der Waals surface area contributed by atoms with Gasteiger partial charge in [-0.05, 0) is 40.2 Å². The summed E-state index contributed by atoms with van der Waals surface area (Å²) < 4.78 is 23.8. The van der Waals surface area contributed by atoms with Gasteiger partial charge in [-0.2, -0.15) is 0 Å². The van der Waals surface area contributed by atoms with E-state index in [1.54, 1.807) is 18.2 Å². The predicted octanol–water partition coefficient (Wildman–Crippen LogP) is 3.35. The molecule has 0 aliphatic rings.